The van der Waals surface area contributed by atoms with Crippen molar-refractivity contribution in [3.05, 3.63) is 35.9 Å². The van der Waals surface area contributed by atoms with Gasteiger partial charge in [0.2, 0.25) is 0 Å². The Morgan fingerprint density at radius 3 is 2.42 bits per heavy atom. The Hall–Kier alpha value is -1.77. The maximum atomic E-state index is 11.5. The molecule has 1 rings (SSSR count). The van der Waals surface area contributed by atoms with Crippen molar-refractivity contribution in [1.29, 1.82) is 0 Å². The summed E-state index contributed by atoms with van der Waals surface area (Å²) in [5.41, 5.74) is 0.584. The van der Waals surface area contributed by atoms with Gasteiger partial charge < -0.3 is 9.47 Å². The quantitative estimate of drug-likeness (QED) is 0.611. The fourth-order valence-corrected chi connectivity index (χ4v) is 1.47. The van der Waals surface area contributed by atoms with Gasteiger partial charge in [-0.05, 0) is 46.8 Å². The molecule has 0 heterocycles. The summed E-state index contributed by atoms with van der Waals surface area (Å²) in [6.07, 6.45) is 3.02. The van der Waals surface area contributed by atoms with Crippen molar-refractivity contribution >= 4 is 12.0 Å². The van der Waals surface area contributed by atoms with Crippen molar-refractivity contribution in [3.8, 4) is 5.75 Å². The fraction of sp³-hybridized carbons (Fsp3) is 0.438. The normalized spacial score (nSPS) is 11.9. The molecule has 0 atom stereocenters. The zero-order valence-corrected chi connectivity index (χ0v) is 12.3. The van der Waals surface area contributed by atoms with E-state index in [0.29, 0.717) is 0 Å². The number of para-hydroxylation sites is 1. The largest absolute Gasteiger partial charge is 0.488 e. The summed E-state index contributed by atoms with van der Waals surface area (Å²) < 4.78 is 10.9. The number of carbonyl (C=O) groups excluding carboxylic acids is 1. The van der Waals surface area contributed by atoms with Crippen LogP contribution in [-0.2, 0) is 9.53 Å². The van der Waals surface area contributed by atoms with Gasteiger partial charge in [-0.15, -0.1) is 0 Å². The molecule has 3 heteroatoms. The van der Waals surface area contributed by atoms with E-state index in [1.165, 1.54) is 6.08 Å². The van der Waals surface area contributed by atoms with E-state index in [1.54, 1.807) is 6.08 Å². The van der Waals surface area contributed by atoms with Gasteiger partial charge in [0, 0.05) is 11.6 Å². The van der Waals surface area contributed by atoms with Crippen LogP contribution in [0.15, 0.2) is 30.3 Å². The van der Waals surface area contributed by atoms with Crippen LogP contribution in [-0.4, -0.2) is 17.7 Å². The van der Waals surface area contributed by atoms with Crippen LogP contribution in [0.3, 0.4) is 0 Å². The fourth-order valence-electron chi connectivity index (χ4n) is 1.47. The maximum absolute atomic E-state index is 11.5. The highest BCUT2D eigenvalue weighted by molar-refractivity contribution is 5.87. The SMILES string of the molecule is CC(C)OC(=O)C=Cc1ccccc1OC(C)(C)C. The van der Waals surface area contributed by atoms with Gasteiger partial charge in [-0.25, -0.2) is 4.79 Å². The van der Waals surface area contributed by atoms with Gasteiger partial charge in [0.05, 0.1) is 6.10 Å². The van der Waals surface area contributed by atoms with Gasteiger partial charge in [0.15, 0.2) is 0 Å². The molecule has 0 saturated heterocycles. The molecule has 1 aromatic carbocycles. The number of hydrogen-bond acceptors (Lipinski definition) is 3. The van der Waals surface area contributed by atoms with Crippen LogP contribution in [0.5, 0.6) is 5.75 Å². The summed E-state index contributed by atoms with van der Waals surface area (Å²) in [5, 5.41) is 0. The summed E-state index contributed by atoms with van der Waals surface area (Å²) in [7, 11) is 0. The third kappa shape index (κ3) is 6.09. The van der Waals surface area contributed by atoms with Crippen molar-refractivity contribution in [3.63, 3.8) is 0 Å². The molecule has 104 valence electrons. The highest BCUT2D eigenvalue weighted by Crippen LogP contribution is 2.24. The molecule has 0 spiro atoms. The van der Waals surface area contributed by atoms with Gasteiger partial charge >= 0.3 is 5.97 Å². The van der Waals surface area contributed by atoms with E-state index in [0.717, 1.165) is 11.3 Å². The molecule has 0 aliphatic rings. The lowest BCUT2D eigenvalue weighted by Crippen LogP contribution is -2.23. The molecule has 0 bridgehead atoms. The highest BCUT2D eigenvalue weighted by Gasteiger charge is 2.13. The summed E-state index contributed by atoms with van der Waals surface area (Å²) in [6.45, 7) is 9.60. The van der Waals surface area contributed by atoms with Gasteiger partial charge in [0.25, 0.3) is 0 Å². The summed E-state index contributed by atoms with van der Waals surface area (Å²) in [6, 6.07) is 7.60. The van der Waals surface area contributed by atoms with E-state index in [1.807, 2.05) is 58.9 Å². The number of benzene rings is 1. The second kappa shape index (κ2) is 6.41. The average Bonchev–Trinajstić information content (AvgIpc) is 2.25. The standard InChI is InChI=1S/C16H22O3/c1-12(2)18-15(17)11-10-13-8-6-7-9-14(13)19-16(3,4)5/h6-12H,1-5H3. The molecule has 0 fully saturated rings. The first kappa shape index (κ1) is 15.3. The zero-order valence-electron chi connectivity index (χ0n) is 12.3. The summed E-state index contributed by atoms with van der Waals surface area (Å²) in [5.74, 6) is 0.407. The third-order valence-electron chi connectivity index (χ3n) is 2.09. The molecule has 0 aliphatic heterocycles. The van der Waals surface area contributed by atoms with Crippen LogP contribution < -0.4 is 4.74 Å². The van der Waals surface area contributed by atoms with E-state index in [-0.39, 0.29) is 17.7 Å². The third-order valence-corrected chi connectivity index (χ3v) is 2.09. The van der Waals surface area contributed by atoms with E-state index in [9.17, 15) is 4.79 Å². The zero-order chi connectivity index (χ0) is 14.5. The second-order valence-electron chi connectivity index (χ2n) is 5.57. The molecule has 19 heavy (non-hydrogen) atoms. The van der Waals surface area contributed by atoms with E-state index >= 15 is 0 Å². The molecular formula is C16H22O3. The Morgan fingerprint density at radius 2 is 1.84 bits per heavy atom. The van der Waals surface area contributed by atoms with E-state index < -0.39 is 0 Å². The first-order chi connectivity index (χ1) is 8.78. The predicted molar refractivity (Wildman–Crippen MR) is 77.1 cm³/mol. The Morgan fingerprint density at radius 1 is 1.21 bits per heavy atom. The van der Waals surface area contributed by atoms with Crippen LogP contribution in [0, 0.1) is 0 Å². The molecule has 1 aromatic rings. The molecular weight excluding hydrogens is 240 g/mol. The van der Waals surface area contributed by atoms with E-state index in [4.69, 9.17) is 9.47 Å². The van der Waals surface area contributed by atoms with Crippen molar-refractivity contribution in [2.24, 2.45) is 0 Å². The number of ether oxygens (including phenoxy) is 2. The molecule has 0 radical (unpaired) electrons. The predicted octanol–water partition coefficient (Wildman–Crippen LogP) is 3.83. The summed E-state index contributed by atoms with van der Waals surface area (Å²) in [4.78, 5) is 11.5. The monoisotopic (exact) mass is 262 g/mol. The van der Waals surface area contributed by atoms with Crippen LogP contribution in [0.2, 0.25) is 0 Å². The molecule has 0 unspecified atom stereocenters. The second-order valence-corrected chi connectivity index (χ2v) is 5.57. The Labute approximate surface area is 115 Å². The molecule has 0 amide bonds. The van der Waals surface area contributed by atoms with Crippen molar-refractivity contribution < 1.29 is 14.3 Å². The summed E-state index contributed by atoms with van der Waals surface area (Å²) >= 11 is 0. The van der Waals surface area contributed by atoms with Crippen LogP contribution in [0.25, 0.3) is 6.08 Å². The number of hydrogen-bond donors (Lipinski definition) is 0. The minimum atomic E-state index is -0.347. The Balaban J connectivity index is 2.83. The van der Waals surface area contributed by atoms with Gasteiger partial charge in [-0.1, -0.05) is 18.2 Å². The lowest BCUT2D eigenvalue weighted by molar-refractivity contribution is -0.141. The number of esters is 1. The topological polar surface area (TPSA) is 35.5 Å². The van der Waals surface area contributed by atoms with Crippen molar-refractivity contribution in [2.75, 3.05) is 0 Å². The first-order valence-electron chi connectivity index (χ1n) is 6.44. The minimum absolute atomic E-state index is 0.113. The van der Waals surface area contributed by atoms with Gasteiger partial charge in [0.1, 0.15) is 11.4 Å². The van der Waals surface area contributed by atoms with E-state index in [2.05, 4.69) is 0 Å². The van der Waals surface area contributed by atoms with Crippen molar-refractivity contribution in [2.45, 2.75) is 46.3 Å². The van der Waals surface area contributed by atoms with Gasteiger partial charge in [-0.3, -0.25) is 0 Å². The van der Waals surface area contributed by atoms with Crippen LogP contribution >= 0.6 is 0 Å². The molecule has 0 saturated carbocycles. The molecule has 0 aromatic heterocycles. The number of rotatable bonds is 4. The lowest BCUT2D eigenvalue weighted by atomic mass is 10.1. The number of carbonyl (C=O) groups is 1. The minimum Gasteiger partial charge on any atom is -0.488 e. The lowest BCUT2D eigenvalue weighted by Gasteiger charge is -2.22. The van der Waals surface area contributed by atoms with Crippen LogP contribution in [0.4, 0.5) is 0 Å². The van der Waals surface area contributed by atoms with Crippen LogP contribution in [0.1, 0.15) is 40.2 Å². The Bertz CT molecular complexity index is 453. The first-order valence-corrected chi connectivity index (χ1v) is 6.44. The van der Waals surface area contributed by atoms with Crippen molar-refractivity contribution in [1.82, 2.24) is 0 Å². The molecule has 0 aliphatic carbocycles. The smallest absolute Gasteiger partial charge is 0.331 e. The molecule has 3 nitrogen and oxygen atoms in total. The average molecular weight is 262 g/mol. The maximum Gasteiger partial charge on any atom is 0.331 e. The highest BCUT2D eigenvalue weighted by atomic mass is 16.5. The van der Waals surface area contributed by atoms with Gasteiger partial charge in [-0.2, -0.15) is 0 Å². The Kier molecular flexibility index (Phi) is 5.16. The molecule has 0 N–H and O–H groups in total.